The topological polar surface area (TPSA) is 38.7 Å². The second-order valence-electron chi connectivity index (χ2n) is 7.06. The van der Waals surface area contributed by atoms with E-state index in [0.29, 0.717) is 12.5 Å². The zero-order valence-corrected chi connectivity index (χ0v) is 13.0. The number of nitrogens with one attached hydrogen (secondary N) is 1. The molecule has 2 N–H and O–H groups in total. The van der Waals surface area contributed by atoms with Crippen molar-refractivity contribution in [1.29, 1.82) is 0 Å². The molecule has 1 heterocycles. The fraction of sp³-hybridized carbons (Fsp3) is 1.00. The molecule has 1 saturated heterocycles. The van der Waals surface area contributed by atoms with Gasteiger partial charge in [-0.2, -0.15) is 0 Å². The van der Waals surface area contributed by atoms with E-state index >= 15 is 0 Å². The zero-order chi connectivity index (χ0) is 14.0. The lowest BCUT2D eigenvalue weighted by Gasteiger charge is -2.42. The third-order valence-electron chi connectivity index (χ3n) is 5.34. The van der Waals surface area contributed by atoms with E-state index in [-0.39, 0.29) is 5.54 Å². The maximum atomic E-state index is 9.99. The fourth-order valence-electron chi connectivity index (χ4n) is 3.70. The molecular formula is C16H31N3O. The van der Waals surface area contributed by atoms with E-state index in [4.69, 9.17) is 0 Å². The minimum absolute atomic E-state index is 0.0300. The Morgan fingerprint density at radius 2 is 1.80 bits per heavy atom. The van der Waals surface area contributed by atoms with Crippen molar-refractivity contribution >= 4 is 0 Å². The van der Waals surface area contributed by atoms with Crippen LogP contribution < -0.4 is 5.32 Å². The van der Waals surface area contributed by atoms with Gasteiger partial charge in [0, 0.05) is 38.8 Å². The average Bonchev–Trinajstić information content (AvgIpc) is 3.35. The molecule has 0 aromatic rings. The molecule has 116 valence electrons. The van der Waals surface area contributed by atoms with Crippen LogP contribution in [0.1, 0.15) is 39.0 Å². The quantitative estimate of drug-likeness (QED) is 0.694. The van der Waals surface area contributed by atoms with Crippen molar-refractivity contribution in [2.75, 3.05) is 45.9 Å². The van der Waals surface area contributed by atoms with Crippen LogP contribution >= 0.6 is 0 Å². The summed E-state index contributed by atoms with van der Waals surface area (Å²) in [5.74, 6) is 0.695. The minimum atomic E-state index is -0.0300. The van der Waals surface area contributed by atoms with Gasteiger partial charge in [-0.15, -0.1) is 0 Å². The molecule has 4 heteroatoms. The standard InChI is InChI=1S/C16H31N3O/c1-2-7-17-16(13-20,14-3-4-14)12-18-8-10-19(11-9-18)15-5-6-15/h14-15,17,20H,2-13H2,1H3. The van der Waals surface area contributed by atoms with Crippen molar-refractivity contribution in [3.8, 4) is 0 Å². The largest absolute Gasteiger partial charge is 0.394 e. The van der Waals surface area contributed by atoms with Crippen molar-refractivity contribution in [1.82, 2.24) is 15.1 Å². The maximum Gasteiger partial charge on any atom is 0.0628 e. The van der Waals surface area contributed by atoms with Gasteiger partial charge in [-0.05, 0) is 44.6 Å². The molecule has 0 bridgehead atoms. The monoisotopic (exact) mass is 281 g/mol. The van der Waals surface area contributed by atoms with Crippen LogP contribution in [0.15, 0.2) is 0 Å². The summed E-state index contributed by atoms with van der Waals surface area (Å²) in [6, 6.07) is 0.904. The van der Waals surface area contributed by atoms with Crippen LogP contribution in [0, 0.1) is 5.92 Å². The Morgan fingerprint density at radius 3 is 2.30 bits per heavy atom. The van der Waals surface area contributed by atoms with E-state index in [1.165, 1.54) is 51.9 Å². The van der Waals surface area contributed by atoms with Gasteiger partial charge in [0.05, 0.1) is 12.1 Å². The van der Waals surface area contributed by atoms with Crippen LogP contribution in [0.2, 0.25) is 0 Å². The number of aliphatic hydroxyl groups is 1. The van der Waals surface area contributed by atoms with E-state index in [0.717, 1.165) is 25.6 Å². The van der Waals surface area contributed by atoms with Crippen molar-refractivity contribution in [3.63, 3.8) is 0 Å². The summed E-state index contributed by atoms with van der Waals surface area (Å²) in [6.07, 6.45) is 6.56. The highest BCUT2D eigenvalue weighted by Crippen LogP contribution is 2.40. The van der Waals surface area contributed by atoms with Crippen molar-refractivity contribution < 1.29 is 5.11 Å². The summed E-state index contributed by atoms with van der Waals surface area (Å²) in [5, 5.41) is 13.7. The molecule has 4 nitrogen and oxygen atoms in total. The normalized spacial score (nSPS) is 28.5. The molecule has 1 atom stereocenters. The molecule has 3 rings (SSSR count). The predicted octanol–water partition coefficient (Wildman–Crippen LogP) is 0.907. The molecule has 0 aromatic carbocycles. The van der Waals surface area contributed by atoms with Crippen LogP contribution in [0.3, 0.4) is 0 Å². The molecule has 2 aliphatic carbocycles. The van der Waals surface area contributed by atoms with Gasteiger partial charge in [-0.3, -0.25) is 9.80 Å². The summed E-state index contributed by atoms with van der Waals surface area (Å²) < 4.78 is 0. The fourth-order valence-corrected chi connectivity index (χ4v) is 3.70. The summed E-state index contributed by atoms with van der Waals surface area (Å²) in [4.78, 5) is 5.24. The second kappa shape index (κ2) is 6.30. The van der Waals surface area contributed by atoms with Gasteiger partial charge in [0.1, 0.15) is 0 Å². The van der Waals surface area contributed by atoms with E-state index in [1.54, 1.807) is 0 Å². The number of rotatable bonds is 8. The highest BCUT2D eigenvalue weighted by atomic mass is 16.3. The third kappa shape index (κ3) is 3.35. The van der Waals surface area contributed by atoms with Crippen LogP contribution in [0.5, 0.6) is 0 Å². The summed E-state index contributed by atoms with van der Waals surface area (Å²) >= 11 is 0. The molecule has 1 aliphatic heterocycles. The maximum absolute atomic E-state index is 9.99. The number of hydrogen-bond donors (Lipinski definition) is 2. The Bertz CT molecular complexity index is 309. The number of piperazine rings is 1. The minimum Gasteiger partial charge on any atom is -0.394 e. The van der Waals surface area contributed by atoms with Gasteiger partial charge < -0.3 is 10.4 Å². The number of nitrogens with zero attached hydrogens (tertiary/aromatic N) is 2. The van der Waals surface area contributed by atoms with Crippen molar-refractivity contribution in [2.45, 2.75) is 50.6 Å². The van der Waals surface area contributed by atoms with Crippen LogP contribution in [0.25, 0.3) is 0 Å². The lowest BCUT2D eigenvalue weighted by molar-refractivity contribution is 0.0580. The molecule has 0 amide bonds. The first-order valence-corrected chi connectivity index (χ1v) is 8.60. The van der Waals surface area contributed by atoms with Gasteiger partial charge in [0.2, 0.25) is 0 Å². The van der Waals surface area contributed by atoms with Gasteiger partial charge in [0.25, 0.3) is 0 Å². The molecule has 3 aliphatic rings. The Morgan fingerprint density at radius 1 is 1.10 bits per heavy atom. The van der Waals surface area contributed by atoms with Crippen molar-refractivity contribution in [2.24, 2.45) is 5.92 Å². The van der Waals surface area contributed by atoms with Gasteiger partial charge >= 0.3 is 0 Å². The Balaban J connectivity index is 1.53. The van der Waals surface area contributed by atoms with Gasteiger partial charge in [0.15, 0.2) is 0 Å². The molecule has 1 unspecified atom stereocenters. The molecular weight excluding hydrogens is 250 g/mol. The first kappa shape index (κ1) is 14.8. The highest BCUT2D eigenvalue weighted by Gasteiger charge is 2.45. The van der Waals surface area contributed by atoms with Gasteiger partial charge in [-0.25, -0.2) is 0 Å². The lowest BCUT2D eigenvalue weighted by atomic mass is 9.92. The summed E-state index contributed by atoms with van der Waals surface area (Å²) in [6.45, 7) is 9.37. The van der Waals surface area contributed by atoms with E-state index in [1.807, 2.05) is 0 Å². The van der Waals surface area contributed by atoms with Crippen LogP contribution in [-0.2, 0) is 0 Å². The predicted molar refractivity (Wildman–Crippen MR) is 81.9 cm³/mol. The van der Waals surface area contributed by atoms with E-state index < -0.39 is 0 Å². The second-order valence-corrected chi connectivity index (χ2v) is 7.06. The zero-order valence-electron chi connectivity index (χ0n) is 13.0. The molecule has 3 fully saturated rings. The van der Waals surface area contributed by atoms with Crippen molar-refractivity contribution in [3.05, 3.63) is 0 Å². The van der Waals surface area contributed by atoms with Crippen LogP contribution in [0.4, 0.5) is 0 Å². The first-order chi connectivity index (χ1) is 9.77. The molecule has 2 saturated carbocycles. The summed E-state index contributed by atoms with van der Waals surface area (Å²) in [7, 11) is 0. The smallest absolute Gasteiger partial charge is 0.0628 e. The highest BCUT2D eigenvalue weighted by molar-refractivity contribution is 5.03. The first-order valence-electron chi connectivity index (χ1n) is 8.60. The van der Waals surface area contributed by atoms with E-state index in [9.17, 15) is 5.11 Å². The number of hydrogen-bond acceptors (Lipinski definition) is 4. The summed E-state index contributed by atoms with van der Waals surface area (Å²) in [5.41, 5.74) is -0.0300. The number of aliphatic hydroxyl groups excluding tert-OH is 1. The lowest BCUT2D eigenvalue weighted by Crippen LogP contribution is -2.60. The van der Waals surface area contributed by atoms with Gasteiger partial charge in [-0.1, -0.05) is 6.92 Å². The van der Waals surface area contributed by atoms with E-state index in [2.05, 4.69) is 22.0 Å². The van der Waals surface area contributed by atoms with Crippen LogP contribution in [-0.4, -0.2) is 72.4 Å². The Hall–Kier alpha value is -0.160. The molecule has 0 aromatic heterocycles. The molecule has 0 spiro atoms. The molecule has 20 heavy (non-hydrogen) atoms. The Kier molecular flexibility index (Phi) is 4.65. The molecule has 0 radical (unpaired) electrons. The third-order valence-corrected chi connectivity index (χ3v) is 5.34. The SMILES string of the molecule is CCCNC(CO)(CN1CCN(C2CC2)CC1)C1CC1. The average molecular weight is 281 g/mol. The Labute approximate surface area is 123 Å².